The van der Waals surface area contributed by atoms with Gasteiger partial charge >= 0.3 is 0 Å². The molecule has 0 N–H and O–H groups in total. The minimum absolute atomic E-state index is 0.000337. The lowest BCUT2D eigenvalue weighted by atomic mass is 10.3. The average molecular weight is 361 g/mol. The lowest BCUT2D eigenvalue weighted by Gasteiger charge is -2.14. The van der Waals surface area contributed by atoms with Crippen LogP contribution in [0, 0.1) is 10.1 Å². The van der Waals surface area contributed by atoms with E-state index in [2.05, 4.69) is 4.99 Å². The molecule has 0 saturated heterocycles. The van der Waals surface area contributed by atoms with Crippen molar-refractivity contribution >= 4 is 44.9 Å². The van der Waals surface area contributed by atoms with Gasteiger partial charge in [0.15, 0.2) is 0 Å². The van der Waals surface area contributed by atoms with Gasteiger partial charge in [0, 0.05) is 26.2 Å². The van der Waals surface area contributed by atoms with Gasteiger partial charge in [-0.1, -0.05) is 30.4 Å². The first-order valence-electron chi connectivity index (χ1n) is 6.91. The van der Waals surface area contributed by atoms with Crippen molar-refractivity contribution in [2.75, 3.05) is 14.1 Å². The number of para-hydroxylation sites is 1. The van der Waals surface area contributed by atoms with Crippen LogP contribution in [0.5, 0.6) is 5.75 Å². The number of rotatable bonds is 3. The van der Waals surface area contributed by atoms with Gasteiger partial charge in [0.1, 0.15) is 10.1 Å². The summed E-state index contributed by atoms with van der Waals surface area (Å²) in [5.74, 6) is 0.448. The number of hydrogen-bond acceptors (Lipinski definition) is 6. The van der Waals surface area contributed by atoms with Gasteiger partial charge in [-0.3, -0.25) is 10.1 Å². The van der Waals surface area contributed by atoms with Crippen LogP contribution in [0.1, 0.15) is 0 Å². The summed E-state index contributed by atoms with van der Waals surface area (Å²) in [6.07, 6.45) is 0. The van der Waals surface area contributed by atoms with Gasteiger partial charge < -0.3 is 9.64 Å². The van der Waals surface area contributed by atoms with Crippen LogP contribution in [0.4, 0.5) is 11.4 Å². The van der Waals surface area contributed by atoms with Crippen molar-refractivity contribution in [1.29, 1.82) is 0 Å². The number of non-ortho nitro benzene ring substituents is 1. The van der Waals surface area contributed by atoms with Crippen LogP contribution in [0.25, 0.3) is 0 Å². The normalized spacial score (nSPS) is 11.0. The highest BCUT2D eigenvalue weighted by Gasteiger charge is 2.12. The predicted octanol–water partition coefficient (Wildman–Crippen LogP) is 4.24. The van der Waals surface area contributed by atoms with E-state index >= 15 is 0 Å². The van der Waals surface area contributed by atoms with Gasteiger partial charge in [0.25, 0.3) is 10.9 Å². The van der Waals surface area contributed by atoms with E-state index in [1.165, 1.54) is 36.0 Å². The highest BCUT2D eigenvalue weighted by atomic mass is 32.2. The number of nitro benzene ring substituents is 1. The van der Waals surface area contributed by atoms with Crippen molar-refractivity contribution < 1.29 is 9.66 Å². The first kappa shape index (κ1) is 17.9. The molecule has 0 aliphatic carbocycles. The van der Waals surface area contributed by atoms with Gasteiger partial charge in [0.05, 0.1) is 10.6 Å². The molecule has 6 nitrogen and oxygen atoms in total. The third kappa shape index (κ3) is 5.32. The minimum atomic E-state index is -0.460. The molecule has 2 rings (SSSR count). The van der Waals surface area contributed by atoms with Gasteiger partial charge in [-0.25, -0.2) is 4.99 Å². The third-order valence-electron chi connectivity index (χ3n) is 2.77. The number of hydrogen-bond donors (Lipinski definition) is 0. The summed E-state index contributed by atoms with van der Waals surface area (Å²) >= 11 is 6.48. The van der Waals surface area contributed by atoms with Crippen LogP contribution >= 0.6 is 24.0 Å². The predicted molar refractivity (Wildman–Crippen MR) is 101 cm³/mol. The lowest BCUT2D eigenvalue weighted by molar-refractivity contribution is -0.384. The molecule has 0 unspecified atom stereocenters. The number of nitrogens with zero attached hydrogens (tertiary/aromatic N) is 3. The van der Waals surface area contributed by atoms with E-state index in [9.17, 15) is 10.1 Å². The molecule has 0 aliphatic heterocycles. The first-order valence-corrected chi connectivity index (χ1v) is 8.13. The van der Waals surface area contributed by atoms with E-state index in [1.54, 1.807) is 4.90 Å². The van der Waals surface area contributed by atoms with Crippen LogP contribution in [-0.2, 0) is 0 Å². The fourth-order valence-electron chi connectivity index (χ4n) is 1.58. The van der Waals surface area contributed by atoms with E-state index in [4.69, 9.17) is 17.0 Å². The molecule has 2 aromatic carbocycles. The average Bonchev–Trinajstić information content (AvgIpc) is 2.56. The maximum Gasteiger partial charge on any atom is 0.269 e. The second kappa shape index (κ2) is 8.42. The van der Waals surface area contributed by atoms with Crippen molar-refractivity contribution in [3.05, 3.63) is 64.7 Å². The van der Waals surface area contributed by atoms with Crippen LogP contribution in [0.15, 0.2) is 59.6 Å². The maximum absolute atomic E-state index is 10.7. The number of aliphatic imine (C=N–C) groups is 1. The molecule has 2 aromatic rings. The van der Waals surface area contributed by atoms with Crippen LogP contribution in [-0.4, -0.2) is 33.5 Å². The quantitative estimate of drug-likeness (QED) is 0.268. The number of benzene rings is 2. The van der Waals surface area contributed by atoms with Crippen LogP contribution in [0.2, 0.25) is 0 Å². The molecule has 0 fully saturated rings. The molecular formula is C16H15N3O3S2. The maximum atomic E-state index is 10.7. The highest BCUT2D eigenvalue weighted by molar-refractivity contribution is 8.32. The van der Waals surface area contributed by atoms with Crippen molar-refractivity contribution in [2.24, 2.45) is 4.99 Å². The van der Waals surface area contributed by atoms with Gasteiger partial charge in [-0.05, 0) is 36.0 Å². The Bertz CT molecular complexity index is 747. The number of thiocarbonyl (C=S) groups is 1. The summed E-state index contributed by atoms with van der Waals surface area (Å²) in [6, 6.07) is 15.1. The Morgan fingerprint density at radius 1 is 1.17 bits per heavy atom. The Morgan fingerprint density at radius 3 is 2.33 bits per heavy atom. The van der Waals surface area contributed by atoms with Gasteiger partial charge in [-0.2, -0.15) is 0 Å². The molecule has 8 heteroatoms. The Labute approximate surface area is 149 Å². The zero-order valence-corrected chi connectivity index (χ0v) is 14.7. The van der Waals surface area contributed by atoms with Gasteiger partial charge in [-0.15, -0.1) is 0 Å². The van der Waals surface area contributed by atoms with E-state index in [1.807, 2.05) is 44.4 Å². The Balaban J connectivity index is 2.23. The Hall–Kier alpha value is -2.45. The Kier molecular flexibility index (Phi) is 6.28. The standard InChI is InChI=1S/C16H15N3O3S2/c1-18(2)16(23)24-15(17-12-6-4-3-5-7-12)22-14-10-8-13(9-11-14)19(20)21/h3-11H,1-2H3. The van der Waals surface area contributed by atoms with Gasteiger partial charge in [0.2, 0.25) is 0 Å². The molecule has 0 spiro atoms. The number of ether oxygens (including phenoxy) is 1. The van der Waals surface area contributed by atoms with Crippen molar-refractivity contribution in [3.63, 3.8) is 0 Å². The minimum Gasteiger partial charge on any atom is -0.433 e. The molecule has 124 valence electrons. The summed E-state index contributed by atoms with van der Waals surface area (Å²) in [5.41, 5.74) is 0.726. The summed E-state index contributed by atoms with van der Waals surface area (Å²) < 4.78 is 6.34. The lowest BCUT2D eigenvalue weighted by Crippen LogP contribution is -2.19. The molecule has 0 aromatic heterocycles. The molecule has 0 atom stereocenters. The summed E-state index contributed by atoms with van der Waals surface area (Å²) in [6.45, 7) is 0. The zero-order chi connectivity index (χ0) is 17.5. The molecule has 0 amide bonds. The highest BCUT2D eigenvalue weighted by Crippen LogP contribution is 2.22. The SMILES string of the molecule is CN(C)C(=S)SC(=Nc1ccccc1)Oc1ccc([N+](=O)[O-])cc1. The molecular weight excluding hydrogens is 346 g/mol. The fraction of sp³-hybridized carbons (Fsp3) is 0.125. The number of thioether (sulfide) groups is 1. The smallest absolute Gasteiger partial charge is 0.269 e. The molecule has 0 radical (unpaired) electrons. The molecule has 24 heavy (non-hydrogen) atoms. The van der Waals surface area contributed by atoms with E-state index in [0.29, 0.717) is 15.3 Å². The van der Waals surface area contributed by atoms with Crippen molar-refractivity contribution in [2.45, 2.75) is 0 Å². The molecule has 0 heterocycles. The third-order valence-corrected chi connectivity index (χ3v) is 4.27. The monoisotopic (exact) mass is 361 g/mol. The molecule has 0 saturated carbocycles. The fourth-order valence-corrected chi connectivity index (χ4v) is 2.41. The van der Waals surface area contributed by atoms with Crippen LogP contribution in [0.3, 0.4) is 0 Å². The summed E-state index contributed by atoms with van der Waals surface area (Å²) in [7, 11) is 3.67. The Morgan fingerprint density at radius 2 is 1.79 bits per heavy atom. The second-order valence-electron chi connectivity index (χ2n) is 4.83. The van der Waals surface area contributed by atoms with Crippen molar-refractivity contribution in [3.8, 4) is 5.75 Å². The zero-order valence-electron chi connectivity index (χ0n) is 13.1. The van der Waals surface area contributed by atoms with E-state index in [0.717, 1.165) is 5.69 Å². The van der Waals surface area contributed by atoms with E-state index < -0.39 is 4.92 Å². The topological polar surface area (TPSA) is 68.0 Å². The summed E-state index contributed by atoms with van der Waals surface area (Å²) in [4.78, 5) is 16.5. The largest absolute Gasteiger partial charge is 0.433 e. The molecule has 0 aliphatic rings. The van der Waals surface area contributed by atoms with Crippen molar-refractivity contribution in [1.82, 2.24) is 4.90 Å². The molecule has 0 bridgehead atoms. The summed E-state index contributed by atoms with van der Waals surface area (Å²) in [5, 5.41) is 11.1. The van der Waals surface area contributed by atoms with E-state index in [-0.39, 0.29) is 5.69 Å². The first-order chi connectivity index (χ1) is 11.5. The van der Waals surface area contributed by atoms with Crippen LogP contribution < -0.4 is 4.74 Å². The number of nitro groups is 1. The second-order valence-corrected chi connectivity index (χ2v) is 6.41.